The third-order valence-electron chi connectivity index (χ3n) is 4.52. The SMILES string of the molecule is Oc1ccccc1C(c1cccs1)S1(N2CCOCC2)C=CC=C1. The molecule has 0 aliphatic carbocycles. The lowest BCUT2D eigenvalue weighted by molar-refractivity contribution is 0.0758. The largest absolute Gasteiger partial charge is 0.508 e. The molecule has 3 heterocycles. The van der Waals surface area contributed by atoms with E-state index in [2.05, 4.69) is 50.9 Å². The summed E-state index contributed by atoms with van der Waals surface area (Å²) in [6.45, 7) is 3.40. The number of allylic oxidation sites excluding steroid dienone is 2. The minimum atomic E-state index is -1.36. The van der Waals surface area contributed by atoms with Crippen molar-refractivity contribution in [3.8, 4) is 5.75 Å². The molecule has 1 N–H and O–H groups in total. The van der Waals surface area contributed by atoms with E-state index in [1.807, 2.05) is 12.1 Å². The van der Waals surface area contributed by atoms with Gasteiger partial charge in [-0.25, -0.2) is 0 Å². The fraction of sp³-hybridized carbons (Fsp3) is 0.263. The first kappa shape index (κ1) is 16.0. The summed E-state index contributed by atoms with van der Waals surface area (Å²) < 4.78 is 8.14. The maximum Gasteiger partial charge on any atom is 0.120 e. The number of phenolic OH excluding ortho intramolecular Hbond substituents is 1. The van der Waals surface area contributed by atoms with Gasteiger partial charge in [-0.3, -0.25) is 4.31 Å². The van der Waals surface area contributed by atoms with Crippen LogP contribution in [0.25, 0.3) is 0 Å². The smallest absolute Gasteiger partial charge is 0.120 e. The first-order chi connectivity index (χ1) is 11.8. The molecule has 1 unspecified atom stereocenters. The molecule has 24 heavy (non-hydrogen) atoms. The van der Waals surface area contributed by atoms with Crippen LogP contribution < -0.4 is 0 Å². The fourth-order valence-electron chi connectivity index (χ4n) is 3.42. The Bertz CT molecular complexity index is 736. The second kappa shape index (κ2) is 6.76. The van der Waals surface area contributed by atoms with Gasteiger partial charge < -0.3 is 9.84 Å². The molecule has 0 spiro atoms. The lowest BCUT2D eigenvalue weighted by Gasteiger charge is -2.50. The predicted molar refractivity (Wildman–Crippen MR) is 103 cm³/mol. The fourth-order valence-corrected chi connectivity index (χ4v) is 8.34. The van der Waals surface area contributed by atoms with Crippen molar-refractivity contribution in [2.45, 2.75) is 5.25 Å². The Morgan fingerprint density at radius 2 is 1.79 bits per heavy atom. The van der Waals surface area contributed by atoms with Gasteiger partial charge in [-0.2, -0.15) is 0 Å². The summed E-state index contributed by atoms with van der Waals surface area (Å²) in [4.78, 5) is 1.30. The summed E-state index contributed by atoms with van der Waals surface area (Å²) in [6, 6.07) is 12.1. The zero-order chi connectivity index (χ0) is 16.4. The van der Waals surface area contributed by atoms with Gasteiger partial charge in [-0.1, -0.05) is 36.4 Å². The quantitative estimate of drug-likeness (QED) is 0.863. The Kier molecular flexibility index (Phi) is 4.50. The number of aromatic hydroxyl groups is 1. The number of para-hydroxylation sites is 1. The van der Waals surface area contributed by atoms with Crippen LogP contribution in [-0.4, -0.2) is 35.7 Å². The molecular weight excluding hydrogens is 338 g/mol. The van der Waals surface area contributed by atoms with Crippen molar-refractivity contribution in [3.05, 3.63) is 75.2 Å². The summed E-state index contributed by atoms with van der Waals surface area (Å²) in [5.74, 6) is 0.379. The van der Waals surface area contributed by atoms with Crippen molar-refractivity contribution in [1.82, 2.24) is 4.31 Å². The number of rotatable bonds is 4. The van der Waals surface area contributed by atoms with Crippen LogP contribution in [0.2, 0.25) is 0 Å². The molecule has 3 nitrogen and oxygen atoms in total. The Morgan fingerprint density at radius 1 is 1.04 bits per heavy atom. The van der Waals surface area contributed by atoms with E-state index >= 15 is 0 Å². The number of hydrogen-bond donors (Lipinski definition) is 1. The number of phenols is 1. The zero-order valence-corrected chi connectivity index (χ0v) is 15.0. The van der Waals surface area contributed by atoms with E-state index < -0.39 is 10.2 Å². The van der Waals surface area contributed by atoms with Gasteiger partial charge in [0.25, 0.3) is 0 Å². The number of nitrogens with zero attached hydrogens (tertiary/aromatic N) is 1. The summed E-state index contributed by atoms with van der Waals surface area (Å²) in [5.41, 5.74) is 1.01. The zero-order valence-electron chi connectivity index (χ0n) is 13.4. The monoisotopic (exact) mass is 359 g/mol. The lowest BCUT2D eigenvalue weighted by atomic mass is 10.1. The van der Waals surface area contributed by atoms with Crippen LogP contribution in [0.5, 0.6) is 5.75 Å². The normalized spacial score (nSPS) is 22.5. The van der Waals surface area contributed by atoms with Crippen molar-refractivity contribution in [3.63, 3.8) is 0 Å². The van der Waals surface area contributed by atoms with E-state index in [-0.39, 0.29) is 5.25 Å². The van der Waals surface area contributed by atoms with Crippen molar-refractivity contribution in [2.24, 2.45) is 0 Å². The van der Waals surface area contributed by atoms with Crippen LogP contribution >= 0.6 is 21.6 Å². The third kappa shape index (κ3) is 2.71. The summed E-state index contributed by atoms with van der Waals surface area (Å²) >= 11 is 1.77. The van der Waals surface area contributed by atoms with E-state index in [1.165, 1.54) is 4.88 Å². The van der Waals surface area contributed by atoms with Gasteiger partial charge in [0.05, 0.1) is 18.5 Å². The molecule has 1 atom stereocenters. The molecule has 4 rings (SSSR count). The maximum absolute atomic E-state index is 10.6. The van der Waals surface area contributed by atoms with Crippen LogP contribution in [0.4, 0.5) is 0 Å². The predicted octanol–water partition coefficient (Wildman–Crippen LogP) is 4.64. The molecule has 2 aromatic rings. The van der Waals surface area contributed by atoms with E-state index in [0.29, 0.717) is 5.75 Å². The molecule has 0 radical (unpaired) electrons. The Morgan fingerprint density at radius 3 is 2.46 bits per heavy atom. The second-order valence-electron chi connectivity index (χ2n) is 5.88. The van der Waals surface area contributed by atoms with E-state index in [4.69, 9.17) is 4.74 Å². The highest BCUT2D eigenvalue weighted by molar-refractivity contribution is 8.37. The highest BCUT2D eigenvalue weighted by Gasteiger charge is 2.40. The molecule has 1 saturated heterocycles. The average molecular weight is 360 g/mol. The van der Waals surface area contributed by atoms with Crippen molar-refractivity contribution >= 4 is 21.6 Å². The molecule has 0 bridgehead atoms. The van der Waals surface area contributed by atoms with Gasteiger partial charge >= 0.3 is 0 Å². The number of morpholine rings is 1. The van der Waals surface area contributed by atoms with Gasteiger partial charge in [0.1, 0.15) is 5.75 Å². The standard InChI is InChI=1S/C19H21NO2S2/c21-17-7-2-1-6-16(17)19(18-8-5-13-23-18)24(14-3-4-15-24)20-9-11-22-12-10-20/h1-8,13-15,19,21H,9-12H2. The lowest BCUT2D eigenvalue weighted by Crippen LogP contribution is -2.38. The highest BCUT2D eigenvalue weighted by Crippen LogP contribution is 2.70. The number of ether oxygens (including phenoxy) is 1. The van der Waals surface area contributed by atoms with E-state index in [0.717, 1.165) is 31.9 Å². The van der Waals surface area contributed by atoms with Crippen LogP contribution in [0, 0.1) is 0 Å². The van der Waals surface area contributed by atoms with E-state index in [1.54, 1.807) is 17.4 Å². The maximum atomic E-state index is 10.6. The van der Waals surface area contributed by atoms with Gasteiger partial charge in [0, 0.05) is 23.5 Å². The van der Waals surface area contributed by atoms with Crippen molar-refractivity contribution in [1.29, 1.82) is 0 Å². The molecule has 126 valence electrons. The van der Waals surface area contributed by atoms with Gasteiger partial charge in [0.2, 0.25) is 0 Å². The second-order valence-corrected chi connectivity index (χ2v) is 9.84. The Labute approximate surface area is 148 Å². The third-order valence-corrected chi connectivity index (χ3v) is 9.32. The molecule has 5 heteroatoms. The van der Waals surface area contributed by atoms with Gasteiger partial charge in [-0.05, 0) is 28.3 Å². The summed E-state index contributed by atoms with van der Waals surface area (Å²) in [7, 11) is -1.36. The molecule has 2 aliphatic rings. The van der Waals surface area contributed by atoms with Crippen LogP contribution in [-0.2, 0) is 4.74 Å². The molecule has 1 aromatic heterocycles. The van der Waals surface area contributed by atoms with Crippen LogP contribution in [0.3, 0.4) is 0 Å². The minimum Gasteiger partial charge on any atom is -0.508 e. The summed E-state index contributed by atoms with van der Waals surface area (Å²) in [5, 5.41) is 17.6. The van der Waals surface area contributed by atoms with Crippen LogP contribution in [0.1, 0.15) is 15.7 Å². The molecule has 2 aliphatic heterocycles. The highest BCUT2D eigenvalue weighted by atomic mass is 32.3. The average Bonchev–Trinajstić information content (AvgIpc) is 3.31. The molecule has 1 fully saturated rings. The Hall–Kier alpha value is -1.53. The Balaban J connectivity index is 1.87. The summed E-state index contributed by atoms with van der Waals surface area (Å²) in [6.07, 6.45) is 4.32. The van der Waals surface area contributed by atoms with Gasteiger partial charge in [-0.15, -0.1) is 21.6 Å². The first-order valence-electron chi connectivity index (χ1n) is 8.12. The van der Waals surface area contributed by atoms with Crippen LogP contribution in [0.15, 0.2) is 64.7 Å². The molecular formula is C19H21NO2S2. The molecule has 0 amide bonds. The van der Waals surface area contributed by atoms with E-state index in [9.17, 15) is 5.11 Å². The minimum absolute atomic E-state index is 0.145. The first-order valence-corrected chi connectivity index (χ1v) is 10.8. The molecule has 1 aromatic carbocycles. The molecule has 0 saturated carbocycles. The van der Waals surface area contributed by atoms with Crippen molar-refractivity contribution < 1.29 is 9.84 Å². The van der Waals surface area contributed by atoms with Crippen molar-refractivity contribution in [2.75, 3.05) is 26.3 Å². The van der Waals surface area contributed by atoms with Gasteiger partial charge in [0.15, 0.2) is 0 Å². The number of hydrogen-bond acceptors (Lipinski definition) is 4. The number of thiophene rings is 1. The topological polar surface area (TPSA) is 32.7 Å². The number of benzene rings is 1.